The summed E-state index contributed by atoms with van der Waals surface area (Å²) in [5.41, 5.74) is 2.97. The van der Waals surface area contributed by atoms with Crippen LogP contribution in [0.2, 0.25) is 0 Å². The first-order valence-electron chi connectivity index (χ1n) is 4.89. The molecular formula is C11H16O2. The van der Waals surface area contributed by atoms with Crippen molar-refractivity contribution < 1.29 is 9.53 Å². The lowest BCUT2D eigenvalue weighted by atomic mass is 9.90. The zero-order chi connectivity index (χ0) is 9.64. The van der Waals surface area contributed by atoms with Crippen LogP contribution in [0.4, 0.5) is 0 Å². The van der Waals surface area contributed by atoms with Crippen LogP contribution in [0.5, 0.6) is 0 Å². The van der Waals surface area contributed by atoms with Crippen molar-refractivity contribution in [3.63, 3.8) is 0 Å². The summed E-state index contributed by atoms with van der Waals surface area (Å²) in [7, 11) is 1.47. The molecule has 0 radical (unpaired) electrons. The summed E-state index contributed by atoms with van der Waals surface area (Å²) >= 11 is 0. The highest BCUT2D eigenvalue weighted by Crippen LogP contribution is 2.62. The summed E-state index contributed by atoms with van der Waals surface area (Å²) in [6, 6.07) is 0. The molecule has 0 spiro atoms. The van der Waals surface area contributed by atoms with Crippen molar-refractivity contribution in [1.82, 2.24) is 0 Å². The number of hydrogen-bond acceptors (Lipinski definition) is 2. The summed E-state index contributed by atoms with van der Waals surface area (Å²) in [6.07, 6.45) is 3.70. The van der Waals surface area contributed by atoms with Crippen molar-refractivity contribution in [2.24, 2.45) is 11.3 Å². The number of methoxy groups -OCH3 is 1. The first-order valence-corrected chi connectivity index (χ1v) is 4.89. The van der Waals surface area contributed by atoms with E-state index in [1.165, 1.54) is 37.5 Å². The lowest BCUT2D eigenvalue weighted by molar-refractivity contribution is -0.142. The Labute approximate surface area is 79.0 Å². The van der Waals surface area contributed by atoms with E-state index in [1.54, 1.807) is 0 Å². The van der Waals surface area contributed by atoms with E-state index in [4.69, 9.17) is 4.74 Å². The molecule has 0 aromatic carbocycles. The Morgan fingerprint density at radius 1 is 1.46 bits per heavy atom. The Bertz CT molecular complexity index is 280. The maximum atomic E-state index is 11.4. The molecule has 1 atom stereocenters. The van der Waals surface area contributed by atoms with Gasteiger partial charge in [0, 0.05) is 5.41 Å². The van der Waals surface area contributed by atoms with Crippen molar-refractivity contribution in [3.05, 3.63) is 11.1 Å². The minimum atomic E-state index is -0.0561. The Balaban J connectivity index is 2.20. The summed E-state index contributed by atoms with van der Waals surface area (Å²) in [5.74, 6) is 0.00667. The normalized spacial score (nSPS) is 29.6. The smallest absolute Gasteiger partial charge is 0.313 e. The summed E-state index contributed by atoms with van der Waals surface area (Å²) < 4.78 is 4.79. The van der Waals surface area contributed by atoms with Gasteiger partial charge < -0.3 is 4.74 Å². The van der Waals surface area contributed by atoms with E-state index in [2.05, 4.69) is 13.8 Å². The van der Waals surface area contributed by atoms with E-state index in [1.807, 2.05) is 0 Å². The van der Waals surface area contributed by atoms with Gasteiger partial charge in [-0.25, -0.2) is 0 Å². The second-order valence-electron chi connectivity index (χ2n) is 4.55. The Morgan fingerprint density at radius 2 is 2.08 bits per heavy atom. The predicted molar refractivity (Wildman–Crippen MR) is 50.2 cm³/mol. The van der Waals surface area contributed by atoms with E-state index in [0.29, 0.717) is 0 Å². The van der Waals surface area contributed by atoms with Gasteiger partial charge in [-0.3, -0.25) is 4.79 Å². The van der Waals surface area contributed by atoms with Crippen molar-refractivity contribution in [2.75, 3.05) is 7.11 Å². The monoisotopic (exact) mass is 180 g/mol. The highest BCUT2D eigenvalue weighted by atomic mass is 16.5. The minimum Gasteiger partial charge on any atom is -0.469 e. The van der Waals surface area contributed by atoms with Gasteiger partial charge in [0.25, 0.3) is 0 Å². The minimum absolute atomic E-state index is 0.0561. The largest absolute Gasteiger partial charge is 0.469 e. The zero-order valence-corrected chi connectivity index (χ0v) is 8.52. The molecule has 0 aromatic heterocycles. The number of rotatable bonds is 1. The molecule has 0 aliphatic heterocycles. The summed E-state index contributed by atoms with van der Waals surface area (Å²) in [6.45, 7) is 4.27. The van der Waals surface area contributed by atoms with Crippen LogP contribution in [0.15, 0.2) is 11.1 Å². The molecule has 2 saturated carbocycles. The third-order valence-corrected chi connectivity index (χ3v) is 3.40. The fourth-order valence-electron chi connectivity index (χ4n) is 2.36. The molecule has 72 valence electrons. The molecule has 2 aliphatic rings. The maximum absolute atomic E-state index is 11.4. The first kappa shape index (κ1) is 8.79. The lowest BCUT2D eigenvalue weighted by Gasteiger charge is -2.16. The van der Waals surface area contributed by atoms with Gasteiger partial charge in [0.05, 0.1) is 13.0 Å². The Kier molecular flexibility index (Phi) is 1.76. The second-order valence-corrected chi connectivity index (χ2v) is 4.55. The van der Waals surface area contributed by atoms with E-state index < -0.39 is 0 Å². The number of hydrogen-bond donors (Lipinski definition) is 0. The predicted octanol–water partition coefficient (Wildman–Crippen LogP) is 2.30. The van der Waals surface area contributed by atoms with Crippen LogP contribution in [-0.4, -0.2) is 13.1 Å². The average Bonchev–Trinajstić information content (AvgIpc) is 2.50. The summed E-state index contributed by atoms with van der Waals surface area (Å²) in [4.78, 5) is 11.4. The molecule has 0 N–H and O–H groups in total. The molecule has 0 unspecified atom stereocenters. The van der Waals surface area contributed by atoms with E-state index in [0.717, 1.165) is 0 Å². The SMILES string of the molecule is COC(=O)[C@H]1C(=C2CCC2)C1(C)C. The van der Waals surface area contributed by atoms with E-state index in [9.17, 15) is 4.79 Å². The highest BCUT2D eigenvalue weighted by molar-refractivity contribution is 5.84. The van der Waals surface area contributed by atoms with Gasteiger partial charge in [0.15, 0.2) is 0 Å². The van der Waals surface area contributed by atoms with E-state index in [-0.39, 0.29) is 17.3 Å². The van der Waals surface area contributed by atoms with Crippen LogP contribution in [-0.2, 0) is 9.53 Å². The van der Waals surface area contributed by atoms with Gasteiger partial charge in [0.2, 0.25) is 0 Å². The zero-order valence-electron chi connectivity index (χ0n) is 8.52. The average molecular weight is 180 g/mol. The van der Waals surface area contributed by atoms with Crippen LogP contribution in [0.3, 0.4) is 0 Å². The first-order chi connectivity index (χ1) is 6.09. The van der Waals surface area contributed by atoms with Gasteiger partial charge in [-0.05, 0) is 24.8 Å². The van der Waals surface area contributed by atoms with Crippen LogP contribution in [0, 0.1) is 11.3 Å². The number of carbonyl (C=O) groups excluding carboxylic acids is 1. The van der Waals surface area contributed by atoms with Crippen molar-refractivity contribution >= 4 is 5.97 Å². The molecule has 2 fully saturated rings. The lowest BCUT2D eigenvalue weighted by Crippen LogP contribution is -2.07. The highest BCUT2D eigenvalue weighted by Gasteiger charge is 2.59. The maximum Gasteiger partial charge on any atom is 0.313 e. The molecule has 0 saturated heterocycles. The fraction of sp³-hybridized carbons (Fsp3) is 0.727. The molecule has 13 heavy (non-hydrogen) atoms. The number of esters is 1. The van der Waals surface area contributed by atoms with Crippen LogP contribution in [0.25, 0.3) is 0 Å². The number of ether oxygens (including phenoxy) is 1. The standard InChI is InChI=1S/C11H16O2/c1-11(2)8(7-5-4-6-7)9(11)10(12)13-3/h9H,4-6H2,1-3H3/t9-/m1/s1. The van der Waals surface area contributed by atoms with Gasteiger partial charge >= 0.3 is 5.97 Å². The van der Waals surface area contributed by atoms with Crippen molar-refractivity contribution in [3.8, 4) is 0 Å². The van der Waals surface area contributed by atoms with Gasteiger partial charge in [-0.2, -0.15) is 0 Å². The fourth-order valence-corrected chi connectivity index (χ4v) is 2.36. The second kappa shape index (κ2) is 2.60. The van der Waals surface area contributed by atoms with Crippen molar-refractivity contribution in [2.45, 2.75) is 33.1 Å². The molecule has 2 rings (SSSR count). The van der Waals surface area contributed by atoms with Gasteiger partial charge in [-0.15, -0.1) is 0 Å². The molecular weight excluding hydrogens is 164 g/mol. The quantitative estimate of drug-likeness (QED) is 0.457. The van der Waals surface area contributed by atoms with Crippen LogP contribution in [0.1, 0.15) is 33.1 Å². The number of carbonyl (C=O) groups is 1. The van der Waals surface area contributed by atoms with Crippen molar-refractivity contribution in [1.29, 1.82) is 0 Å². The Morgan fingerprint density at radius 3 is 2.46 bits per heavy atom. The molecule has 0 heterocycles. The van der Waals surface area contributed by atoms with E-state index >= 15 is 0 Å². The topological polar surface area (TPSA) is 26.3 Å². The summed E-state index contributed by atoms with van der Waals surface area (Å²) in [5, 5.41) is 0. The van der Waals surface area contributed by atoms with Crippen LogP contribution < -0.4 is 0 Å². The molecule has 0 aromatic rings. The van der Waals surface area contributed by atoms with Gasteiger partial charge in [-0.1, -0.05) is 19.4 Å². The molecule has 2 aliphatic carbocycles. The van der Waals surface area contributed by atoms with Gasteiger partial charge in [0.1, 0.15) is 0 Å². The number of allylic oxidation sites excluding steroid dienone is 1. The molecule has 2 nitrogen and oxygen atoms in total. The molecule has 0 amide bonds. The third kappa shape index (κ3) is 1.11. The molecule has 0 bridgehead atoms. The Hall–Kier alpha value is -0.790. The molecule has 2 heteroatoms. The van der Waals surface area contributed by atoms with Crippen LogP contribution >= 0.6 is 0 Å². The third-order valence-electron chi connectivity index (χ3n) is 3.40.